The second-order valence-corrected chi connectivity index (χ2v) is 8.82. The maximum absolute atomic E-state index is 12.1. The molecule has 0 aromatic heterocycles. The van der Waals surface area contributed by atoms with Crippen molar-refractivity contribution < 1.29 is 16.8 Å². The van der Waals surface area contributed by atoms with E-state index in [0.29, 0.717) is 12.8 Å². The van der Waals surface area contributed by atoms with Gasteiger partial charge in [0.2, 0.25) is 10.0 Å². The third kappa shape index (κ3) is 4.26. The van der Waals surface area contributed by atoms with Crippen LogP contribution in [-0.2, 0) is 19.9 Å². The lowest BCUT2D eigenvalue weighted by molar-refractivity contribution is 0.518. The molecule has 0 aliphatic carbocycles. The lowest BCUT2D eigenvalue weighted by Gasteiger charge is -2.24. The van der Waals surface area contributed by atoms with Gasteiger partial charge in [0.1, 0.15) is 9.84 Å². The summed E-state index contributed by atoms with van der Waals surface area (Å²) in [5, 5.41) is -0.618. The van der Waals surface area contributed by atoms with Gasteiger partial charge in [-0.1, -0.05) is 6.92 Å². The van der Waals surface area contributed by atoms with Crippen molar-refractivity contribution >= 4 is 19.9 Å². The fourth-order valence-electron chi connectivity index (χ4n) is 1.92. The van der Waals surface area contributed by atoms with Crippen LogP contribution in [0.25, 0.3) is 0 Å². The van der Waals surface area contributed by atoms with Crippen molar-refractivity contribution in [1.29, 1.82) is 0 Å². The molecule has 1 N–H and O–H groups in total. The largest absolute Gasteiger partial charge is 0.229 e. The van der Waals surface area contributed by atoms with Gasteiger partial charge in [-0.2, -0.15) is 0 Å². The van der Waals surface area contributed by atoms with Gasteiger partial charge in [0.15, 0.2) is 0 Å². The Balaban J connectivity index is 2.68. The highest BCUT2D eigenvalue weighted by atomic mass is 32.2. The van der Waals surface area contributed by atoms with Crippen LogP contribution in [0.15, 0.2) is 0 Å². The molecule has 1 aliphatic rings. The number of sulfonamides is 1. The van der Waals surface area contributed by atoms with Gasteiger partial charge in [0.25, 0.3) is 0 Å². The highest BCUT2D eigenvalue weighted by molar-refractivity contribution is 7.92. The summed E-state index contributed by atoms with van der Waals surface area (Å²) in [6.45, 7) is 1.86. The van der Waals surface area contributed by atoms with Crippen molar-refractivity contribution in [3.63, 3.8) is 0 Å². The number of rotatable bonds is 5. The van der Waals surface area contributed by atoms with Crippen molar-refractivity contribution in [2.75, 3.05) is 11.5 Å². The zero-order valence-electron chi connectivity index (χ0n) is 10.4. The summed E-state index contributed by atoms with van der Waals surface area (Å²) in [4.78, 5) is 0. The Hall–Kier alpha value is -0.580. The minimum Gasteiger partial charge on any atom is -0.229 e. The molecule has 0 spiro atoms. The maximum Gasteiger partial charge on any atom is 0.214 e. The molecule has 1 rings (SSSR count). The summed E-state index contributed by atoms with van der Waals surface area (Å²) in [5.41, 5.74) is 0. The molecule has 1 aliphatic heterocycles. The van der Waals surface area contributed by atoms with E-state index in [2.05, 4.69) is 10.6 Å². The second kappa shape index (κ2) is 6.04. The summed E-state index contributed by atoms with van der Waals surface area (Å²) < 4.78 is 49.2. The Morgan fingerprint density at radius 3 is 2.39 bits per heavy atom. The molecular formula is C11H19NO4S2. The number of hydrogen-bond acceptors (Lipinski definition) is 4. The third-order valence-electron chi connectivity index (χ3n) is 3.13. The van der Waals surface area contributed by atoms with E-state index >= 15 is 0 Å². The highest BCUT2D eigenvalue weighted by Gasteiger charge is 2.33. The van der Waals surface area contributed by atoms with Gasteiger partial charge in [-0.3, -0.25) is 0 Å². The molecule has 0 amide bonds. The van der Waals surface area contributed by atoms with Crippen LogP contribution in [0.2, 0.25) is 0 Å². The Morgan fingerprint density at radius 2 is 1.94 bits per heavy atom. The van der Waals surface area contributed by atoms with Crippen LogP contribution >= 0.6 is 0 Å². The van der Waals surface area contributed by atoms with Crippen LogP contribution in [0.3, 0.4) is 0 Å². The van der Waals surface area contributed by atoms with Crippen LogP contribution in [0.1, 0.15) is 32.6 Å². The third-order valence-corrected chi connectivity index (χ3v) is 6.85. The molecule has 1 heterocycles. The molecule has 1 fully saturated rings. The van der Waals surface area contributed by atoms with E-state index in [1.54, 1.807) is 0 Å². The van der Waals surface area contributed by atoms with E-state index in [9.17, 15) is 16.8 Å². The van der Waals surface area contributed by atoms with Crippen LogP contribution in [0.4, 0.5) is 0 Å². The molecule has 0 saturated carbocycles. The van der Waals surface area contributed by atoms with Gasteiger partial charge in [0.05, 0.1) is 16.8 Å². The topological polar surface area (TPSA) is 80.3 Å². The summed E-state index contributed by atoms with van der Waals surface area (Å²) in [5.74, 6) is 2.33. The number of nitrogens with one attached hydrogen (secondary N) is 1. The van der Waals surface area contributed by atoms with E-state index in [4.69, 9.17) is 6.42 Å². The summed E-state index contributed by atoms with van der Waals surface area (Å²) >= 11 is 0. The Labute approximate surface area is 109 Å². The molecule has 0 aromatic carbocycles. The molecule has 1 atom stereocenters. The lowest BCUT2D eigenvalue weighted by atomic mass is 10.2. The van der Waals surface area contributed by atoms with E-state index in [0.717, 1.165) is 0 Å². The number of terminal acetylenes is 1. The monoisotopic (exact) mass is 293 g/mol. The summed E-state index contributed by atoms with van der Waals surface area (Å²) in [6, 6.07) is -0.265. The molecule has 5 nitrogen and oxygen atoms in total. The molecule has 1 saturated heterocycles. The zero-order valence-corrected chi connectivity index (χ0v) is 12.1. The van der Waals surface area contributed by atoms with Crippen molar-refractivity contribution in [2.24, 2.45) is 0 Å². The van der Waals surface area contributed by atoms with Crippen molar-refractivity contribution in [3.05, 3.63) is 0 Å². The molecule has 0 aromatic rings. The fourth-order valence-corrected chi connectivity index (χ4v) is 5.47. The predicted molar refractivity (Wildman–Crippen MR) is 71.3 cm³/mol. The molecular weight excluding hydrogens is 274 g/mol. The van der Waals surface area contributed by atoms with Gasteiger partial charge in [-0.05, 0) is 19.3 Å². The predicted octanol–water partition coefficient (Wildman–Crippen LogP) is 0.285. The molecule has 7 heteroatoms. The van der Waals surface area contributed by atoms with E-state index < -0.39 is 25.1 Å². The average Bonchev–Trinajstić information content (AvgIpc) is 2.27. The van der Waals surface area contributed by atoms with E-state index in [1.807, 2.05) is 6.92 Å². The molecule has 0 radical (unpaired) electrons. The molecule has 18 heavy (non-hydrogen) atoms. The lowest BCUT2D eigenvalue weighted by Crippen LogP contribution is -2.43. The molecule has 104 valence electrons. The van der Waals surface area contributed by atoms with Gasteiger partial charge in [-0.25, -0.2) is 21.6 Å². The minimum atomic E-state index is -3.48. The van der Waals surface area contributed by atoms with Crippen molar-refractivity contribution in [3.8, 4) is 12.3 Å². The Kier molecular flexibility index (Phi) is 5.20. The number of hydrogen-bond donors (Lipinski definition) is 1. The first-order chi connectivity index (χ1) is 8.30. The van der Waals surface area contributed by atoms with Gasteiger partial charge in [-0.15, -0.1) is 12.3 Å². The van der Waals surface area contributed by atoms with Gasteiger partial charge >= 0.3 is 0 Å². The number of sulfone groups is 1. The quantitative estimate of drug-likeness (QED) is 0.739. The first-order valence-electron chi connectivity index (χ1n) is 5.95. The first kappa shape index (κ1) is 15.5. The average molecular weight is 293 g/mol. The smallest absolute Gasteiger partial charge is 0.214 e. The second-order valence-electron chi connectivity index (χ2n) is 4.53. The molecule has 0 bridgehead atoms. The summed E-state index contributed by atoms with van der Waals surface area (Å²) in [7, 11) is -6.52. The first-order valence-corrected chi connectivity index (χ1v) is 9.32. The Bertz CT molecular complexity index is 502. The summed E-state index contributed by atoms with van der Waals surface area (Å²) in [6.07, 6.45) is 6.48. The van der Waals surface area contributed by atoms with Crippen LogP contribution in [0, 0.1) is 12.3 Å². The van der Waals surface area contributed by atoms with Crippen LogP contribution < -0.4 is 4.72 Å². The van der Waals surface area contributed by atoms with Gasteiger partial charge < -0.3 is 0 Å². The fraction of sp³-hybridized carbons (Fsp3) is 0.818. The Morgan fingerprint density at radius 1 is 1.39 bits per heavy atom. The van der Waals surface area contributed by atoms with Gasteiger partial charge in [0, 0.05) is 12.5 Å². The highest BCUT2D eigenvalue weighted by Crippen LogP contribution is 2.19. The minimum absolute atomic E-state index is 0.0511. The molecule has 1 unspecified atom stereocenters. The van der Waals surface area contributed by atoms with Crippen molar-refractivity contribution in [2.45, 2.75) is 43.9 Å². The van der Waals surface area contributed by atoms with E-state index in [-0.39, 0.29) is 30.4 Å². The normalized spacial score (nSPS) is 22.2. The SMILES string of the molecule is C#CCC(CC)NS(=O)(=O)C1CCS(=O)(=O)CC1. The van der Waals surface area contributed by atoms with E-state index in [1.165, 1.54) is 0 Å². The van der Waals surface area contributed by atoms with Crippen molar-refractivity contribution in [1.82, 2.24) is 4.72 Å². The van der Waals surface area contributed by atoms with Crippen LogP contribution in [-0.4, -0.2) is 39.6 Å². The van der Waals surface area contributed by atoms with Crippen LogP contribution in [0.5, 0.6) is 0 Å². The zero-order chi connectivity index (χ0) is 13.8. The standard InChI is InChI=1S/C11H19NO4S2/c1-3-5-10(4-2)12-18(15,16)11-6-8-17(13,14)9-7-11/h1,10-12H,4-9H2,2H3. The maximum atomic E-state index is 12.1.